The Bertz CT molecular complexity index is 366. The van der Waals surface area contributed by atoms with E-state index in [1.807, 2.05) is 0 Å². The molecular weight excluding hydrogens is 241 g/mol. The van der Waals surface area contributed by atoms with Crippen LogP contribution in [0, 0.1) is 0 Å². The summed E-state index contributed by atoms with van der Waals surface area (Å²) in [5.41, 5.74) is 0. The van der Waals surface area contributed by atoms with Gasteiger partial charge in [-0.05, 0) is 19.3 Å². The lowest BCUT2D eigenvalue weighted by atomic mass is 10.2. The number of aliphatic hydroxyl groups excluding tert-OH is 1. The molecule has 1 aliphatic rings. The van der Waals surface area contributed by atoms with Crippen molar-refractivity contribution in [2.75, 3.05) is 5.32 Å². The zero-order chi connectivity index (χ0) is 11.8. The second-order valence-corrected chi connectivity index (χ2v) is 4.81. The zero-order valence-electron chi connectivity index (χ0n) is 8.29. The number of halogens is 3. The van der Waals surface area contributed by atoms with Gasteiger partial charge in [0.1, 0.15) is 4.88 Å². The van der Waals surface area contributed by atoms with E-state index in [1.54, 1.807) is 0 Å². The molecule has 1 aliphatic carbocycles. The molecule has 2 atom stereocenters. The van der Waals surface area contributed by atoms with Crippen LogP contribution in [0.4, 0.5) is 18.3 Å². The maximum atomic E-state index is 12.3. The summed E-state index contributed by atoms with van der Waals surface area (Å²) in [6.45, 7) is 0. The second kappa shape index (κ2) is 4.21. The summed E-state index contributed by atoms with van der Waals surface area (Å²) in [5, 5.41) is 12.6. The van der Waals surface area contributed by atoms with Crippen molar-refractivity contribution < 1.29 is 18.3 Å². The van der Waals surface area contributed by atoms with Crippen LogP contribution >= 0.6 is 11.3 Å². The minimum Gasteiger partial charge on any atom is -0.391 e. The van der Waals surface area contributed by atoms with Crippen molar-refractivity contribution in [3.8, 4) is 0 Å². The fourth-order valence-corrected chi connectivity index (χ4v) is 2.48. The molecule has 16 heavy (non-hydrogen) atoms. The van der Waals surface area contributed by atoms with Gasteiger partial charge in [0.2, 0.25) is 0 Å². The minimum atomic E-state index is -4.34. The number of rotatable bonds is 2. The van der Waals surface area contributed by atoms with Gasteiger partial charge in [-0.2, -0.15) is 13.2 Å². The van der Waals surface area contributed by atoms with Gasteiger partial charge in [-0.15, -0.1) is 0 Å². The summed E-state index contributed by atoms with van der Waals surface area (Å²) in [6, 6.07) is -0.174. The van der Waals surface area contributed by atoms with Gasteiger partial charge in [0.25, 0.3) is 0 Å². The molecule has 0 amide bonds. The van der Waals surface area contributed by atoms with Crippen molar-refractivity contribution >= 4 is 16.5 Å². The highest BCUT2D eigenvalue weighted by Crippen LogP contribution is 2.35. The van der Waals surface area contributed by atoms with Crippen LogP contribution in [-0.4, -0.2) is 22.2 Å². The highest BCUT2D eigenvalue weighted by molar-refractivity contribution is 7.15. The number of nitrogens with one attached hydrogen (secondary N) is 1. The van der Waals surface area contributed by atoms with Gasteiger partial charge in [-0.1, -0.05) is 11.3 Å². The Morgan fingerprint density at radius 3 is 2.69 bits per heavy atom. The summed E-state index contributed by atoms with van der Waals surface area (Å²) in [4.78, 5) is 2.94. The van der Waals surface area contributed by atoms with Crippen LogP contribution in [0.3, 0.4) is 0 Å². The third-order valence-corrected chi connectivity index (χ3v) is 3.55. The maximum absolute atomic E-state index is 12.3. The Morgan fingerprint density at radius 1 is 1.44 bits per heavy atom. The van der Waals surface area contributed by atoms with Crippen molar-refractivity contribution in [1.29, 1.82) is 0 Å². The van der Waals surface area contributed by atoms with E-state index in [2.05, 4.69) is 10.3 Å². The van der Waals surface area contributed by atoms with Crippen LogP contribution in [0.2, 0.25) is 0 Å². The third kappa shape index (κ3) is 2.46. The number of nitrogens with zero attached hydrogens (tertiary/aromatic N) is 1. The molecule has 0 saturated heterocycles. The van der Waals surface area contributed by atoms with E-state index in [-0.39, 0.29) is 11.2 Å². The van der Waals surface area contributed by atoms with E-state index >= 15 is 0 Å². The van der Waals surface area contributed by atoms with Crippen molar-refractivity contribution in [1.82, 2.24) is 4.98 Å². The van der Waals surface area contributed by atoms with E-state index in [1.165, 1.54) is 0 Å². The Hall–Kier alpha value is -0.820. The Balaban J connectivity index is 2.03. The summed E-state index contributed by atoms with van der Waals surface area (Å²) < 4.78 is 36.9. The molecule has 1 saturated carbocycles. The number of anilines is 1. The molecule has 1 aromatic heterocycles. The number of thiazole rings is 1. The van der Waals surface area contributed by atoms with Crippen molar-refractivity contribution in [3.05, 3.63) is 11.1 Å². The first kappa shape index (κ1) is 11.7. The van der Waals surface area contributed by atoms with Crippen LogP contribution in [0.1, 0.15) is 24.1 Å². The fraction of sp³-hybridized carbons (Fsp3) is 0.667. The molecule has 0 aliphatic heterocycles. The molecule has 1 fully saturated rings. The topological polar surface area (TPSA) is 45.1 Å². The van der Waals surface area contributed by atoms with Crippen LogP contribution in [0.5, 0.6) is 0 Å². The number of aliphatic hydroxyl groups is 1. The molecule has 2 unspecified atom stereocenters. The predicted molar refractivity (Wildman–Crippen MR) is 54.4 cm³/mol. The lowest BCUT2D eigenvalue weighted by Gasteiger charge is -2.15. The Kier molecular flexibility index (Phi) is 3.07. The number of hydrogen-bond acceptors (Lipinski definition) is 4. The summed E-state index contributed by atoms with van der Waals surface area (Å²) >= 11 is 0.570. The molecule has 3 nitrogen and oxygen atoms in total. The highest BCUT2D eigenvalue weighted by Gasteiger charge is 2.34. The zero-order valence-corrected chi connectivity index (χ0v) is 9.11. The van der Waals surface area contributed by atoms with Gasteiger partial charge in [0.15, 0.2) is 5.13 Å². The van der Waals surface area contributed by atoms with Gasteiger partial charge in [-0.3, -0.25) is 0 Å². The van der Waals surface area contributed by atoms with Crippen molar-refractivity contribution in [3.63, 3.8) is 0 Å². The average molecular weight is 252 g/mol. The van der Waals surface area contributed by atoms with E-state index < -0.39 is 17.2 Å². The van der Waals surface area contributed by atoms with Gasteiger partial charge < -0.3 is 10.4 Å². The first-order chi connectivity index (χ1) is 7.47. The fourth-order valence-electron chi connectivity index (χ4n) is 1.74. The Labute approximate surface area is 94.3 Å². The molecule has 90 valence electrons. The molecule has 7 heteroatoms. The molecule has 0 radical (unpaired) electrons. The highest BCUT2D eigenvalue weighted by atomic mass is 32.1. The monoisotopic (exact) mass is 252 g/mol. The van der Waals surface area contributed by atoms with Crippen molar-refractivity contribution in [2.24, 2.45) is 0 Å². The number of hydrogen-bond donors (Lipinski definition) is 2. The summed E-state index contributed by atoms with van der Waals surface area (Å²) in [7, 11) is 0. The van der Waals surface area contributed by atoms with Crippen LogP contribution in [0.25, 0.3) is 0 Å². The van der Waals surface area contributed by atoms with Crippen LogP contribution in [0.15, 0.2) is 6.20 Å². The van der Waals surface area contributed by atoms with E-state index in [4.69, 9.17) is 0 Å². The lowest BCUT2D eigenvalue weighted by Crippen LogP contribution is -2.27. The van der Waals surface area contributed by atoms with Crippen molar-refractivity contribution in [2.45, 2.75) is 37.6 Å². The van der Waals surface area contributed by atoms with E-state index in [0.717, 1.165) is 19.0 Å². The molecule has 1 heterocycles. The third-order valence-electron chi connectivity index (χ3n) is 2.57. The quantitative estimate of drug-likeness (QED) is 0.850. The lowest BCUT2D eigenvalue weighted by molar-refractivity contribution is -0.134. The van der Waals surface area contributed by atoms with Gasteiger partial charge in [-0.25, -0.2) is 4.98 Å². The van der Waals surface area contributed by atoms with Crippen LogP contribution < -0.4 is 5.32 Å². The molecule has 0 aromatic carbocycles. The van der Waals surface area contributed by atoms with E-state index in [0.29, 0.717) is 17.8 Å². The minimum absolute atomic E-state index is 0.174. The van der Waals surface area contributed by atoms with Gasteiger partial charge >= 0.3 is 6.18 Å². The van der Waals surface area contributed by atoms with Crippen LogP contribution in [-0.2, 0) is 6.18 Å². The second-order valence-electron chi connectivity index (χ2n) is 3.78. The average Bonchev–Trinajstić information content (AvgIpc) is 2.76. The molecule has 0 spiro atoms. The number of aromatic nitrogens is 1. The summed E-state index contributed by atoms with van der Waals surface area (Å²) in [6.07, 6.45) is -1.67. The van der Waals surface area contributed by atoms with Gasteiger partial charge in [0.05, 0.1) is 18.3 Å². The smallest absolute Gasteiger partial charge is 0.391 e. The molecular formula is C9H11F3N2OS. The first-order valence-corrected chi connectivity index (χ1v) is 5.76. The first-order valence-electron chi connectivity index (χ1n) is 4.94. The standard InChI is InChI=1S/C9H11F3N2OS/c10-9(11,12)7-4-13-8(16-7)14-5-2-1-3-6(5)15/h4-6,15H,1-3H2,(H,13,14). The molecule has 1 aromatic rings. The largest absolute Gasteiger partial charge is 0.427 e. The number of alkyl halides is 3. The molecule has 2 N–H and O–H groups in total. The normalized spacial score (nSPS) is 26.0. The Morgan fingerprint density at radius 2 is 2.19 bits per heavy atom. The molecule has 0 bridgehead atoms. The van der Waals surface area contributed by atoms with Gasteiger partial charge in [0, 0.05) is 0 Å². The maximum Gasteiger partial charge on any atom is 0.427 e. The predicted octanol–water partition coefficient (Wildman–Crippen LogP) is 2.49. The molecule has 2 rings (SSSR count). The SMILES string of the molecule is OC1CCCC1Nc1ncc(C(F)(F)F)s1. The summed E-state index contributed by atoms with van der Waals surface area (Å²) in [5.74, 6) is 0. The van der Waals surface area contributed by atoms with E-state index in [9.17, 15) is 18.3 Å².